The summed E-state index contributed by atoms with van der Waals surface area (Å²) in [6, 6.07) is 12.8. The first-order valence-electron chi connectivity index (χ1n) is 6.27. The van der Waals surface area contributed by atoms with Gasteiger partial charge in [-0.25, -0.2) is 0 Å². The molecule has 3 rings (SSSR count). The molecule has 1 aliphatic carbocycles. The average Bonchev–Trinajstić information content (AvgIpc) is 2.71. The lowest BCUT2D eigenvalue weighted by molar-refractivity contribution is 0.273. The standard InChI is InChI=1S/C16H16O/c1-2-3-10-17-15-11-13-8-4-6-12-7-5-9-14(15)16(12)13/h4-9,11H,2-3,10H2,1H3. The minimum absolute atomic E-state index is 0.812. The molecule has 0 saturated carbocycles. The Morgan fingerprint density at radius 2 is 1.88 bits per heavy atom. The summed E-state index contributed by atoms with van der Waals surface area (Å²) in [6.45, 7) is 2.99. The molecule has 0 N–H and O–H groups in total. The van der Waals surface area contributed by atoms with Crippen molar-refractivity contribution >= 4 is 22.6 Å². The summed E-state index contributed by atoms with van der Waals surface area (Å²) in [6.07, 6.45) is 4.45. The highest BCUT2D eigenvalue weighted by Crippen LogP contribution is 2.36. The average molecular weight is 224 g/mol. The minimum Gasteiger partial charge on any atom is -0.493 e. The minimum atomic E-state index is 0.812. The van der Waals surface area contributed by atoms with E-state index in [1.165, 1.54) is 28.3 Å². The Bertz CT molecular complexity index is 576. The predicted octanol–water partition coefficient (Wildman–Crippen LogP) is 4.47. The Kier molecular flexibility index (Phi) is 2.60. The van der Waals surface area contributed by atoms with Crippen molar-refractivity contribution in [3.8, 4) is 0 Å². The Hall–Kier alpha value is -1.76. The molecule has 0 radical (unpaired) electrons. The van der Waals surface area contributed by atoms with Crippen molar-refractivity contribution in [1.82, 2.24) is 0 Å². The molecule has 0 fully saturated rings. The van der Waals surface area contributed by atoms with Crippen LogP contribution in [0.25, 0.3) is 22.6 Å². The molecule has 0 amide bonds. The molecule has 0 atom stereocenters. The lowest BCUT2D eigenvalue weighted by Crippen LogP contribution is -1.92. The molecule has 17 heavy (non-hydrogen) atoms. The summed E-state index contributed by atoms with van der Waals surface area (Å²) in [7, 11) is 0. The van der Waals surface area contributed by atoms with E-state index in [1.54, 1.807) is 0 Å². The van der Waals surface area contributed by atoms with Gasteiger partial charge in [-0.2, -0.15) is 0 Å². The molecular formula is C16H16O. The molecule has 0 spiro atoms. The van der Waals surface area contributed by atoms with Gasteiger partial charge in [-0.3, -0.25) is 0 Å². The molecular weight excluding hydrogens is 208 g/mol. The quantitative estimate of drug-likeness (QED) is 0.696. The van der Waals surface area contributed by atoms with Gasteiger partial charge in [0.2, 0.25) is 0 Å². The van der Waals surface area contributed by atoms with E-state index in [0.29, 0.717) is 0 Å². The molecule has 1 heteroatoms. The number of benzene rings is 2. The van der Waals surface area contributed by atoms with Gasteiger partial charge in [0.25, 0.3) is 0 Å². The number of unbranched alkanes of at least 4 members (excludes halogenated alkanes) is 1. The highest BCUT2D eigenvalue weighted by molar-refractivity contribution is 6.07. The Morgan fingerprint density at radius 1 is 1.06 bits per heavy atom. The van der Waals surface area contributed by atoms with Crippen molar-refractivity contribution in [2.24, 2.45) is 0 Å². The first-order chi connectivity index (χ1) is 8.40. The van der Waals surface area contributed by atoms with Gasteiger partial charge in [-0.15, -0.1) is 0 Å². The molecule has 0 aromatic heterocycles. The summed E-state index contributed by atoms with van der Waals surface area (Å²) in [5, 5.41) is 2.63. The lowest BCUT2D eigenvalue weighted by atomic mass is 10.0. The van der Waals surface area contributed by atoms with Crippen LogP contribution in [-0.4, -0.2) is 6.61 Å². The zero-order chi connectivity index (χ0) is 11.7. The van der Waals surface area contributed by atoms with Crippen LogP contribution in [0.3, 0.4) is 0 Å². The van der Waals surface area contributed by atoms with Crippen LogP contribution < -0.4 is 0 Å². The zero-order valence-electron chi connectivity index (χ0n) is 10.1. The van der Waals surface area contributed by atoms with Crippen molar-refractivity contribution in [2.75, 3.05) is 6.61 Å². The third kappa shape index (κ3) is 1.72. The van der Waals surface area contributed by atoms with E-state index in [2.05, 4.69) is 49.4 Å². The van der Waals surface area contributed by atoms with Crippen LogP contribution in [0, 0.1) is 0 Å². The largest absolute Gasteiger partial charge is 0.493 e. The Labute approximate surface area is 102 Å². The molecule has 0 bridgehead atoms. The van der Waals surface area contributed by atoms with E-state index in [0.717, 1.165) is 18.8 Å². The number of rotatable bonds is 4. The van der Waals surface area contributed by atoms with E-state index in [1.807, 2.05) is 0 Å². The van der Waals surface area contributed by atoms with Crippen LogP contribution in [0.15, 0.2) is 36.4 Å². The van der Waals surface area contributed by atoms with Gasteiger partial charge in [0.15, 0.2) is 0 Å². The van der Waals surface area contributed by atoms with Crippen LogP contribution in [-0.2, 0) is 4.74 Å². The zero-order valence-corrected chi connectivity index (χ0v) is 10.1. The fourth-order valence-corrected chi connectivity index (χ4v) is 2.36. The van der Waals surface area contributed by atoms with Crippen LogP contribution in [0.4, 0.5) is 0 Å². The molecule has 2 aromatic rings. The summed E-state index contributed by atoms with van der Waals surface area (Å²) < 4.78 is 5.88. The smallest absolute Gasteiger partial charge is 0.127 e. The summed E-state index contributed by atoms with van der Waals surface area (Å²) in [5.74, 6) is 1.03. The molecule has 1 nitrogen and oxygen atoms in total. The fraction of sp³-hybridized carbons (Fsp3) is 0.250. The van der Waals surface area contributed by atoms with Crippen LogP contribution >= 0.6 is 0 Å². The van der Waals surface area contributed by atoms with E-state index in [-0.39, 0.29) is 0 Å². The number of ether oxygens (including phenoxy) is 1. The highest BCUT2D eigenvalue weighted by atomic mass is 16.5. The van der Waals surface area contributed by atoms with Gasteiger partial charge in [0.1, 0.15) is 5.76 Å². The Morgan fingerprint density at radius 3 is 2.71 bits per heavy atom. The molecule has 0 aliphatic heterocycles. The first kappa shape index (κ1) is 10.4. The highest BCUT2D eigenvalue weighted by Gasteiger charge is 2.16. The molecule has 1 aliphatic rings. The monoisotopic (exact) mass is 224 g/mol. The van der Waals surface area contributed by atoms with E-state index < -0.39 is 0 Å². The van der Waals surface area contributed by atoms with E-state index in [4.69, 9.17) is 4.74 Å². The maximum Gasteiger partial charge on any atom is 0.127 e. The van der Waals surface area contributed by atoms with Crippen molar-refractivity contribution in [2.45, 2.75) is 19.8 Å². The maximum atomic E-state index is 5.88. The van der Waals surface area contributed by atoms with E-state index >= 15 is 0 Å². The summed E-state index contributed by atoms with van der Waals surface area (Å²) in [5.41, 5.74) is 2.53. The second-order valence-electron chi connectivity index (χ2n) is 4.46. The molecule has 0 unspecified atom stereocenters. The van der Waals surface area contributed by atoms with E-state index in [9.17, 15) is 0 Å². The fourth-order valence-electron chi connectivity index (χ4n) is 2.36. The van der Waals surface area contributed by atoms with Crippen molar-refractivity contribution < 1.29 is 4.74 Å². The molecule has 0 heterocycles. The number of hydrogen-bond acceptors (Lipinski definition) is 1. The molecule has 0 saturated heterocycles. The van der Waals surface area contributed by atoms with Crippen molar-refractivity contribution in [3.63, 3.8) is 0 Å². The van der Waals surface area contributed by atoms with Crippen molar-refractivity contribution in [1.29, 1.82) is 0 Å². The summed E-state index contributed by atoms with van der Waals surface area (Å²) in [4.78, 5) is 0. The molecule has 86 valence electrons. The van der Waals surface area contributed by atoms with Gasteiger partial charge < -0.3 is 4.74 Å². The van der Waals surface area contributed by atoms with Crippen molar-refractivity contribution in [3.05, 3.63) is 47.5 Å². The van der Waals surface area contributed by atoms with Crippen LogP contribution in [0.1, 0.15) is 30.9 Å². The topological polar surface area (TPSA) is 9.23 Å². The second kappa shape index (κ2) is 4.25. The normalized spacial score (nSPS) is 12.9. The van der Waals surface area contributed by atoms with Gasteiger partial charge in [0.05, 0.1) is 6.61 Å². The van der Waals surface area contributed by atoms with Crippen LogP contribution in [0.2, 0.25) is 0 Å². The van der Waals surface area contributed by atoms with Gasteiger partial charge in [-0.05, 0) is 28.8 Å². The lowest BCUT2D eigenvalue weighted by Gasteiger charge is -2.08. The maximum absolute atomic E-state index is 5.88. The van der Waals surface area contributed by atoms with Gasteiger partial charge in [-0.1, -0.05) is 49.7 Å². The third-order valence-electron chi connectivity index (χ3n) is 3.24. The summed E-state index contributed by atoms with van der Waals surface area (Å²) >= 11 is 0. The molecule has 2 aromatic carbocycles. The van der Waals surface area contributed by atoms with Gasteiger partial charge >= 0.3 is 0 Å². The van der Waals surface area contributed by atoms with Crippen LogP contribution in [0.5, 0.6) is 0 Å². The SMILES string of the molecule is CCCCOC1=Cc2cccc3cccc1c23. The third-order valence-corrected chi connectivity index (χ3v) is 3.24. The second-order valence-corrected chi connectivity index (χ2v) is 4.46. The first-order valence-corrected chi connectivity index (χ1v) is 6.27. The Balaban J connectivity index is 1.99. The predicted molar refractivity (Wildman–Crippen MR) is 72.7 cm³/mol. The van der Waals surface area contributed by atoms with Gasteiger partial charge in [0, 0.05) is 5.56 Å². The number of hydrogen-bond donors (Lipinski definition) is 0.